The number of halogens is 8. The summed E-state index contributed by atoms with van der Waals surface area (Å²) in [6, 6.07) is 0. The lowest BCUT2D eigenvalue weighted by molar-refractivity contribution is -0.427. The van der Waals surface area contributed by atoms with E-state index < -0.39 is 36.4 Å². The van der Waals surface area contributed by atoms with Crippen molar-refractivity contribution in [3.05, 3.63) is 12.2 Å². The minimum absolute atomic E-state index is 1.64. The van der Waals surface area contributed by atoms with Crippen LogP contribution in [0.4, 0.5) is 35.3 Å². The maximum Gasteiger partial charge on any atom is 0.452 e. The molecule has 0 heterocycles. The van der Waals surface area contributed by atoms with Crippen LogP contribution < -0.4 is 0 Å². The van der Waals surface area contributed by atoms with Crippen LogP contribution in [0.5, 0.6) is 0 Å². The van der Waals surface area contributed by atoms with Crippen LogP contribution in [0.1, 0.15) is 0 Å². The molecule has 0 aromatic heterocycles. The number of carbonyl (C=O) groups is 1. The van der Waals surface area contributed by atoms with Crippen molar-refractivity contribution < 1.29 is 49.7 Å². The Labute approximate surface area is 93.9 Å². The molecule has 0 aliphatic rings. The van der Waals surface area contributed by atoms with E-state index in [1.54, 1.807) is 4.94 Å². The molecule has 0 amide bonds. The normalized spacial score (nSPS) is 13.3. The lowest BCUT2D eigenvalue weighted by Gasteiger charge is -2.22. The quantitative estimate of drug-likeness (QED) is 0.443. The van der Waals surface area contributed by atoms with Crippen molar-refractivity contribution in [2.45, 2.75) is 18.2 Å². The van der Waals surface area contributed by atoms with Crippen molar-refractivity contribution in [2.24, 2.45) is 0 Å². The predicted octanol–water partition coefficient (Wildman–Crippen LogP) is 2.78. The van der Waals surface area contributed by atoms with Gasteiger partial charge in [0.25, 0.3) is 0 Å². The molecule has 106 valence electrons. The van der Waals surface area contributed by atoms with Crippen molar-refractivity contribution in [3.8, 4) is 0 Å². The molecule has 0 radical (unpaired) electrons. The van der Waals surface area contributed by atoms with E-state index in [-0.39, 0.29) is 0 Å². The van der Waals surface area contributed by atoms with Gasteiger partial charge in [-0.1, -0.05) is 6.58 Å². The molecule has 0 saturated carbocycles. The molecule has 0 aliphatic carbocycles. The highest BCUT2D eigenvalue weighted by atomic mass is 19.4. The average Bonchev–Trinajstić information content (AvgIpc) is 2.23. The first-order valence-electron chi connectivity index (χ1n) is 3.84. The second-order valence-corrected chi connectivity index (χ2v) is 2.85. The van der Waals surface area contributed by atoms with Crippen LogP contribution in [-0.4, -0.2) is 30.8 Å². The predicted molar refractivity (Wildman–Crippen MR) is 38.2 cm³/mol. The number of hydrogen-bond acceptors (Lipinski definition) is 3. The summed E-state index contributed by atoms with van der Waals surface area (Å²) in [4.78, 5) is 12.1. The molecule has 0 rings (SSSR count). The zero-order valence-corrected chi connectivity index (χ0v) is 8.16. The highest BCUT2D eigenvalue weighted by Gasteiger charge is 2.60. The zero-order chi connectivity index (χ0) is 14.8. The zero-order valence-electron chi connectivity index (χ0n) is 8.16. The standard InChI is InChI=1S/C7H4F8O3/c1-3(6(10,11)12)4(16)17-2-5(8,9)7(13,14)18-15/h1-2H2. The van der Waals surface area contributed by atoms with Crippen LogP contribution in [0.3, 0.4) is 0 Å². The van der Waals surface area contributed by atoms with Gasteiger partial charge in [0.2, 0.25) is 0 Å². The third-order valence-corrected chi connectivity index (χ3v) is 1.50. The van der Waals surface area contributed by atoms with E-state index in [1.165, 1.54) is 0 Å². The van der Waals surface area contributed by atoms with Crippen molar-refractivity contribution in [2.75, 3.05) is 6.61 Å². The fourth-order valence-corrected chi connectivity index (χ4v) is 0.499. The van der Waals surface area contributed by atoms with Gasteiger partial charge in [-0.2, -0.15) is 30.7 Å². The number of hydrogen-bond donors (Lipinski definition) is 0. The number of esters is 1. The molecule has 0 aromatic carbocycles. The molecule has 0 unspecified atom stereocenters. The van der Waals surface area contributed by atoms with Gasteiger partial charge in [-0.15, -0.1) is 4.94 Å². The smallest absolute Gasteiger partial charge is 0.452 e. The van der Waals surface area contributed by atoms with Gasteiger partial charge in [-0.3, -0.25) is 0 Å². The summed E-state index contributed by atoms with van der Waals surface area (Å²) in [5.41, 5.74) is -2.18. The molecule has 0 N–H and O–H groups in total. The summed E-state index contributed by atoms with van der Waals surface area (Å²) in [6.45, 7) is -0.344. The minimum atomic E-state index is -5.65. The van der Waals surface area contributed by atoms with Crippen LogP contribution in [0.15, 0.2) is 12.2 Å². The molecule has 0 bridgehead atoms. The van der Waals surface area contributed by atoms with E-state index in [4.69, 9.17) is 0 Å². The summed E-state index contributed by atoms with van der Waals surface area (Å²) in [5.74, 6) is -7.74. The maximum atomic E-state index is 12.4. The van der Waals surface area contributed by atoms with Crippen molar-refractivity contribution in [1.82, 2.24) is 0 Å². The van der Waals surface area contributed by atoms with Gasteiger partial charge >= 0.3 is 24.2 Å². The third kappa shape index (κ3) is 3.82. The highest BCUT2D eigenvalue weighted by molar-refractivity contribution is 5.89. The summed E-state index contributed by atoms with van der Waals surface area (Å²) < 4.78 is 98.6. The van der Waals surface area contributed by atoms with Crippen LogP contribution in [0.2, 0.25) is 0 Å². The molecule has 0 aliphatic heterocycles. The monoisotopic (exact) mass is 288 g/mol. The Hall–Kier alpha value is -1.39. The van der Waals surface area contributed by atoms with Crippen molar-refractivity contribution in [1.29, 1.82) is 0 Å². The van der Waals surface area contributed by atoms with Crippen LogP contribution in [-0.2, 0) is 14.5 Å². The Balaban J connectivity index is 4.61. The van der Waals surface area contributed by atoms with E-state index in [1.807, 2.05) is 0 Å². The first-order chi connectivity index (χ1) is 7.85. The average molecular weight is 288 g/mol. The van der Waals surface area contributed by atoms with Crippen molar-refractivity contribution in [3.63, 3.8) is 0 Å². The van der Waals surface area contributed by atoms with Crippen LogP contribution >= 0.6 is 0 Å². The fourth-order valence-electron chi connectivity index (χ4n) is 0.499. The first-order valence-corrected chi connectivity index (χ1v) is 3.84. The number of rotatable bonds is 5. The van der Waals surface area contributed by atoms with E-state index in [9.17, 15) is 40.1 Å². The molecule has 0 aromatic rings. The molecule has 0 spiro atoms. The van der Waals surface area contributed by atoms with Crippen LogP contribution in [0.25, 0.3) is 0 Å². The summed E-state index contributed by atoms with van der Waals surface area (Å²) in [7, 11) is 0. The first kappa shape index (κ1) is 16.6. The lowest BCUT2D eigenvalue weighted by Crippen LogP contribution is -2.45. The summed E-state index contributed by atoms with van der Waals surface area (Å²) >= 11 is 0. The highest BCUT2D eigenvalue weighted by Crippen LogP contribution is 2.36. The molecule has 18 heavy (non-hydrogen) atoms. The van der Waals surface area contributed by atoms with Gasteiger partial charge in [0.05, 0.1) is 0 Å². The molecule has 0 fully saturated rings. The van der Waals surface area contributed by atoms with E-state index in [0.717, 1.165) is 0 Å². The minimum Gasteiger partial charge on any atom is -0.455 e. The second kappa shape index (κ2) is 5.08. The Morgan fingerprint density at radius 2 is 1.50 bits per heavy atom. The molecule has 0 atom stereocenters. The third-order valence-electron chi connectivity index (χ3n) is 1.50. The SMILES string of the molecule is C=C(C(=O)OCC(F)(F)C(F)(F)OF)C(F)(F)F. The van der Waals surface area contributed by atoms with Gasteiger partial charge < -0.3 is 4.74 Å². The van der Waals surface area contributed by atoms with E-state index >= 15 is 0 Å². The van der Waals surface area contributed by atoms with Gasteiger partial charge in [0, 0.05) is 0 Å². The Bertz CT molecular complexity index is 334. The van der Waals surface area contributed by atoms with E-state index in [2.05, 4.69) is 11.3 Å². The largest absolute Gasteiger partial charge is 0.455 e. The molecule has 3 nitrogen and oxygen atoms in total. The van der Waals surface area contributed by atoms with E-state index in [0.29, 0.717) is 0 Å². The lowest BCUT2D eigenvalue weighted by atomic mass is 10.3. The fraction of sp³-hybridized carbons (Fsp3) is 0.571. The van der Waals surface area contributed by atoms with Gasteiger partial charge in [0.1, 0.15) is 5.57 Å². The molecular formula is C7H4F8O3. The van der Waals surface area contributed by atoms with Crippen molar-refractivity contribution >= 4 is 5.97 Å². The van der Waals surface area contributed by atoms with Gasteiger partial charge in [-0.25, -0.2) is 4.79 Å². The molecule has 0 saturated heterocycles. The van der Waals surface area contributed by atoms with Gasteiger partial charge in [-0.05, 0) is 4.53 Å². The van der Waals surface area contributed by atoms with Crippen LogP contribution in [0, 0.1) is 0 Å². The summed E-state index contributed by atoms with van der Waals surface area (Å²) in [6.07, 6.45) is -10.9. The Kier molecular flexibility index (Phi) is 4.69. The van der Waals surface area contributed by atoms with Gasteiger partial charge in [0.15, 0.2) is 6.61 Å². The Morgan fingerprint density at radius 3 is 1.83 bits per heavy atom. The Morgan fingerprint density at radius 1 is 1.06 bits per heavy atom. The number of carbonyl (C=O) groups excluding carboxylic acids is 1. The number of alkyl halides is 7. The second-order valence-electron chi connectivity index (χ2n) is 2.85. The molecular weight excluding hydrogens is 284 g/mol. The molecule has 11 heteroatoms. The summed E-state index contributed by atoms with van der Waals surface area (Å²) in [5, 5.41) is 0. The maximum absolute atomic E-state index is 12.4. The topological polar surface area (TPSA) is 35.5 Å². The number of ether oxygens (including phenoxy) is 1.